The maximum atomic E-state index is 12.2. The first-order valence-electron chi connectivity index (χ1n) is 7.47. The summed E-state index contributed by atoms with van der Waals surface area (Å²) in [6.45, 7) is 5.84. The molecule has 0 saturated carbocycles. The first-order chi connectivity index (χ1) is 10.00. The van der Waals surface area contributed by atoms with Crippen LogP contribution in [0.25, 0.3) is 0 Å². The number of hydrogen-bond donors (Lipinski definition) is 1. The van der Waals surface area contributed by atoms with E-state index in [1.807, 2.05) is 29.2 Å². The molecular formula is C18H23NO2. The van der Waals surface area contributed by atoms with E-state index in [1.165, 1.54) is 0 Å². The second-order valence-electron chi connectivity index (χ2n) is 6.39. The van der Waals surface area contributed by atoms with Crippen LogP contribution in [0.3, 0.4) is 0 Å². The Morgan fingerprint density at radius 2 is 1.95 bits per heavy atom. The fraction of sp³-hybridized carbons (Fsp3) is 0.500. The summed E-state index contributed by atoms with van der Waals surface area (Å²) in [6.07, 6.45) is 2.67. The van der Waals surface area contributed by atoms with Crippen LogP contribution in [-0.2, 0) is 11.3 Å². The molecule has 1 aliphatic rings. The molecule has 1 saturated heterocycles. The van der Waals surface area contributed by atoms with E-state index in [2.05, 4.69) is 25.7 Å². The van der Waals surface area contributed by atoms with Crippen molar-refractivity contribution in [3.05, 3.63) is 35.4 Å². The smallest absolute Gasteiger partial charge is 0.222 e. The maximum Gasteiger partial charge on any atom is 0.222 e. The summed E-state index contributed by atoms with van der Waals surface area (Å²) >= 11 is 0. The van der Waals surface area contributed by atoms with Crippen LogP contribution in [0.1, 0.15) is 44.2 Å². The summed E-state index contributed by atoms with van der Waals surface area (Å²) in [4.78, 5) is 14.2. The SMILES string of the molecule is CC1(C)CCC(=O)N(Cc2ccc(C#CCO)cc2)CC1. The van der Waals surface area contributed by atoms with Crippen molar-refractivity contribution in [2.24, 2.45) is 5.41 Å². The third-order valence-corrected chi connectivity index (χ3v) is 4.07. The lowest BCUT2D eigenvalue weighted by Crippen LogP contribution is -2.30. The summed E-state index contributed by atoms with van der Waals surface area (Å²) in [5.74, 6) is 5.76. The molecule has 1 aliphatic heterocycles. The average molecular weight is 285 g/mol. The van der Waals surface area contributed by atoms with Gasteiger partial charge in [0.05, 0.1) is 0 Å². The first kappa shape index (κ1) is 15.6. The van der Waals surface area contributed by atoms with Crippen molar-refractivity contribution < 1.29 is 9.90 Å². The molecule has 2 rings (SSSR count). The van der Waals surface area contributed by atoms with E-state index in [1.54, 1.807) is 0 Å². The van der Waals surface area contributed by atoms with Gasteiger partial charge in [0.25, 0.3) is 0 Å². The van der Waals surface area contributed by atoms with Gasteiger partial charge in [0.1, 0.15) is 6.61 Å². The Morgan fingerprint density at radius 1 is 1.24 bits per heavy atom. The van der Waals surface area contributed by atoms with E-state index < -0.39 is 0 Å². The molecule has 1 N–H and O–H groups in total. The molecule has 0 spiro atoms. The second-order valence-corrected chi connectivity index (χ2v) is 6.39. The predicted molar refractivity (Wildman–Crippen MR) is 83.5 cm³/mol. The van der Waals surface area contributed by atoms with Crippen LogP contribution < -0.4 is 0 Å². The lowest BCUT2D eigenvalue weighted by molar-refractivity contribution is -0.131. The third-order valence-electron chi connectivity index (χ3n) is 4.07. The fourth-order valence-electron chi connectivity index (χ4n) is 2.51. The number of hydrogen-bond acceptors (Lipinski definition) is 2. The maximum absolute atomic E-state index is 12.2. The molecule has 0 unspecified atom stereocenters. The Kier molecular flexibility index (Phi) is 5.03. The number of benzene rings is 1. The van der Waals surface area contributed by atoms with Gasteiger partial charge in [0.15, 0.2) is 0 Å². The minimum absolute atomic E-state index is 0.125. The van der Waals surface area contributed by atoms with E-state index >= 15 is 0 Å². The zero-order chi connectivity index (χ0) is 15.3. The first-order valence-corrected chi connectivity index (χ1v) is 7.47. The second kappa shape index (κ2) is 6.78. The van der Waals surface area contributed by atoms with E-state index in [0.29, 0.717) is 13.0 Å². The van der Waals surface area contributed by atoms with E-state index in [4.69, 9.17) is 5.11 Å². The number of carbonyl (C=O) groups excluding carboxylic acids is 1. The number of aliphatic hydroxyl groups excluding tert-OH is 1. The largest absolute Gasteiger partial charge is 0.384 e. The normalized spacial score (nSPS) is 17.9. The topological polar surface area (TPSA) is 40.5 Å². The van der Waals surface area contributed by atoms with E-state index in [-0.39, 0.29) is 17.9 Å². The number of aliphatic hydroxyl groups is 1. The molecule has 0 aliphatic carbocycles. The molecule has 1 fully saturated rings. The van der Waals surface area contributed by atoms with Crippen molar-refractivity contribution in [1.29, 1.82) is 0 Å². The van der Waals surface area contributed by atoms with E-state index in [0.717, 1.165) is 30.5 Å². The van der Waals surface area contributed by atoms with Gasteiger partial charge >= 0.3 is 0 Å². The molecule has 1 aromatic rings. The lowest BCUT2D eigenvalue weighted by Gasteiger charge is -2.23. The summed E-state index contributed by atoms with van der Waals surface area (Å²) in [5, 5.41) is 8.68. The molecule has 0 aromatic heterocycles. The highest BCUT2D eigenvalue weighted by Gasteiger charge is 2.27. The number of carbonyl (C=O) groups is 1. The number of rotatable bonds is 2. The van der Waals surface area contributed by atoms with Crippen molar-refractivity contribution >= 4 is 5.91 Å². The van der Waals surface area contributed by atoms with Crippen LogP contribution in [-0.4, -0.2) is 29.1 Å². The van der Waals surface area contributed by atoms with Crippen molar-refractivity contribution in [2.45, 2.75) is 39.7 Å². The fourth-order valence-corrected chi connectivity index (χ4v) is 2.51. The average Bonchev–Trinajstić information content (AvgIpc) is 2.59. The molecule has 3 heteroatoms. The zero-order valence-electron chi connectivity index (χ0n) is 12.9. The van der Waals surface area contributed by atoms with Crippen LogP contribution in [0, 0.1) is 17.3 Å². The minimum atomic E-state index is -0.125. The van der Waals surface area contributed by atoms with Crippen molar-refractivity contribution in [2.75, 3.05) is 13.2 Å². The molecule has 0 bridgehead atoms. The van der Waals surface area contributed by atoms with Crippen LogP contribution in [0.2, 0.25) is 0 Å². The van der Waals surface area contributed by atoms with Crippen molar-refractivity contribution in [3.8, 4) is 11.8 Å². The molecular weight excluding hydrogens is 262 g/mol. The molecule has 1 heterocycles. The van der Waals surface area contributed by atoms with Gasteiger partial charge in [-0.15, -0.1) is 0 Å². The Bertz CT molecular complexity index is 549. The molecule has 21 heavy (non-hydrogen) atoms. The minimum Gasteiger partial charge on any atom is -0.384 e. The molecule has 0 radical (unpaired) electrons. The van der Waals surface area contributed by atoms with Crippen LogP contribution in [0.5, 0.6) is 0 Å². The number of likely N-dealkylation sites (tertiary alicyclic amines) is 1. The predicted octanol–water partition coefficient (Wildman–Crippen LogP) is 2.57. The zero-order valence-corrected chi connectivity index (χ0v) is 12.9. The number of amides is 1. The number of nitrogens with zero attached hydrogens (tertiary/aromatic N) is 1. The Morgan fingerprint density at radius 3 is 2.62 bits per heavy atom. The highest BCUT2D eigenvalue weighted by Crippen LogP contribution is 2.30. The Balaban J connectivity index is 2.02. The highest BCUT2D eigenvalue weighted by molar-refractivity contribution is 5.76. The van der Waals surface area contributed by atoms with E-state index in [9.17, 15) is 4.79 Å². The van der Waals surface area contributed by atoms with Gasteiger partial charge in [-0.05, 0) is 36.0 Å². The third kappa shape index (κ3) is 4.61. The summed E-state index contributed by atoms with van der Waals surface area (Å²) in [7, 11) is 0. The van der Waals surface area contributed by atoms with Crippen LogP contribution in [0.15, 0.2) is 24.3 Å². The summed E-state index contributed by atoms with van der Waals surface area (Å²) in [6, 6.07) is 7.88. The molecule has 0 atom stereocenters. The van der Waals surface area contributed by atoms with Gasteiger partial charge in [0.2, 0.25) is 5.91 Å². The van der Waals surface area contributed by atoms with Gasteiger partial charge < -0.3 is 10.0 Å². The highest BCUT2D eigenvalue weighted by atomic mass is 16.2. The monoisotopic (exact) mass is 285 g/mol. The standard InChI is InChI=1S/C18H23NO2/c1-18(2)10-9-17(21)19(12-11-18)14-16-7-5-15(6-8-16)4-3-13-20/h5-8,20H,9-14H2,1-2H3. The Labute approximate surface area is 127 Å². The molecule has 3 nitrogen and oxygen atoms in total. The van der Waals surface area contributed by atoms with Gasteiger partial charge in [-0.25, -0.2) is 0 Å². The van der Waals surface area contributed by atoms with Gasteiger partial charge in [-0.3, -0.25) is 4.79 Å². The molecule has 112 valence electrons. The Hall–Kier alpha value is -1.79. The summed E-state index contributed by atoms with van der Waals surface area (Å²) in [5.41, 5.74) is 2.27. The van der Waals surface area contributed by atoms with Gasteiger partial charge in [0, 0.05) is 25.1 Å². The van der Waals surface area contributed by atoms with Crippen molar-refractivity contribution in [1.82, 2.24) is 4.90 Å². The summed E-state index contributed by atoms with van der Waals surface area (Å²) < 4.78 is 0. The molecule has 1 aromatic carbocycles. The van der Waals surface area contributed by atoms with Crippen LogP contribution in [0.4, 0.5) is 0 Å². The van der Waals surface area contributed by atoms with Crippen molar-refractivity contribution in [3.63, 3.8) is 0 Å². The lowest BCUT2D eigenvalue weighted by atomic mass is 9.85. The van der Waals surface area contributed by atoms with Crippen LogP contribution >= 0.6 is 0 Å². The molecule has 1 amide bonds. The van der Waals surface area contributed by atoms with Gasteiger partial charge in [-0.2, -0.15) is 0 Å². The van der Waals surface area contributed by atoms with Gasteiger partial charge in [-0.1, -0.05) is 37.8 Å². The quantitative estimate of drug-likeness (QED) is 0.848.